The molecule has 0 spiro atoms. The van der Waals surface area contributed by atoms with Crippen LogP contribution in [-0.2, 0) is 16.0 Å². The van der Waals surface area contributed by atoms with Crippen LogP contribution in [0.25, 0.3) is 11.3 Å². The van der Waals surface area contributed by atoms with Gasteiger partial charge in [-0.1, -0.05) is 30.3 Å². The van der Waals surface area contributed by atoms with E-state index in [4.69, 9.17) is 14.5 Å². The number of anilines is 1. The quantitative estimate of drug-likeness (QED) is 0.572. The predicted octanol–water partition coefficient (Wildman–Crippen LogP) is 3.85. The number of hydrogen-bond donors (Lipinski definition) is 0. The summed E-state index contributed by atoms with van der Waals surface area (Å²) in [6.45, 7) is 6.60. The molecule has 2 aliphatic rings. The number of thiazole rings is 1. The second-order valence-electron chi connectivity index (χ2n) is 8.18. The van der Waals surface area contributed by atoms with E-state index >= 15 is 0 Å². The van der Waals surface area contributed by atoms with Gasteiger partial charge < -0.3 is 14.4 Å². The molecule has 1 saturated heterocycles. The lowest BCUT2D eigenvalue weighted by Gasteiger charge is -2.35. The normalized spacial score (nSPS) is 19.0. The number of fused-ring (bicyclic) bond motifs is 1. The van der Waals surface area contributed by atoms with Crippen molar-refractivity contribution in [1.82, 2.24) is 9.88 Å². The van der Waals surface area contributed by atoms with Crippen LogP contribution in [0.4, 0.5) is 5.69 Å². The molecule has 0 saturated carbocycles. The summed E-state index contributed by atoms with van der Waals surface area (Å²) in [5, 5.41) is 3.17. The number of ether oxygens (including phenoxy) is 2. The van der Waals surface area contributed by atoms with Crippen LogP contribution in [0, 0.1) is 0 Å². The molecule has 32 heavy (non-hydrogen) atoms. The van der Waals surface area contributed by atoms with Gasteiger partial charge in [0.25, 0.3) is 5.91 Å². The fourth-order valence-corrected chi connectivity index (χ4v) is 5.00. The smallest absolute Gasteiger partial charge is 0.267 e. The summed E-state index contributed by atoms with van der Waals surface area (Å²) < 4.78 is 11.3. The molecule has 1 atom stereocenters. The number of amides is 1. The van der Waals surface area contributed by atoms with Crippen LogP contribution in [0.1, 0.15) is 17.5 Å². The summed E-state index contributed by atoms with van der Waals surface area (Å²) >= 11 is 1.67. The van der Waals surface area contributed by atoms with E-state index in [2.05, 4.69) is 34.5 Å². The molecule has 1 aromatic heterocycles. The minimum Gasteiger partial charge on any atom is -0.479 e. The van der Waals surface area contributed by atoms with Gasteiger partial charge in [0.2, 0.25) is 0 Å². The van der Waals surface area contributed by atoms with E-state index in [-0.39, 0.29) is 5.91 Å². The van der Waals surface area contributed by atoms with E-state index < -0.39 is 6.10 Å². The molecule has 1 unspecified atom stereocenters. The summed E-state index contributed by atoms with van der Waals surface area (Å²) in [4.78, 5) is 22.0. The number of aromatic nitrogens is 1. The molecule has 3 aromatic rings. The van der Waals surface area contributed by atoms with E-state index in [9.17, 15) is 4.79 Å². The summed E-state index contributed by atoms with van der Waals surface area (Å²) in [5.74, 6) is 0.758. The molecule has 7 heteroatoms. The SMILES string of the molecule is CC1Oc2ccc(-c3csc(Cc4ccccc4)n3)cc2N(CCN2CCOCC2)C1=O. The zero-order chi connectivity index (χ0) is 21.9. The Bertz CT molecular complexity index is 1080. The Morgan fingerprint density at radius 3 is 2.72 bits per heavy atom. The van der Waals surface area contributed by atoms with Crippen molar-refractivity contribution in [3.63, 3.8) is 0 Å². The van der Waals surface area contributed by atoms with Crippen LogP contribution in [0.2, 0.25) is 0 Å². The van der Waals surface area contributed by atoms with Gasteiger partial charge in [0.1, 0.15) is 5.75 Å². The zero-order valence-electron chi connectivity index (χ0n) is 18.2. The fraction of sp³-hybridized carbons (Fsp3) is 0.360. The first-order valence-corrected chi connectivity index (χ1v) is 12.0. The molecule has 0 bridgehead atoms. The second-order valence-corrected chi connectivity index (χ2v) is 9.12. The number of carbonyl (C=O) groups excluding carboxylic acids is 1. The first-order valence-electron chi connectivity index (χ1n) is 11.1. The van der Waals surface area contributed by atoms with Crippen LogP contribution >= 0.6 is 11.3 Å². The molecule has 166 valence electrons. The third kappa shape index (κ3) is 4.55. The van der Waals surface area contributed by atoms with Crippen molar-refractivity contribution in [1.29, 1.82) is 0 Å². The van der Waals surface area contributed by atoms with Crippen molar-refractivity contribution in [2.24, 2.45) is 0 Å². The monoisotopic (exact) mass is 449 g/mol. The van der Waals surface area contributed by atoms with Crippen molar-refractivity contribution < 1.29 is 14.3 Å². The maximum absolute atomic E-state index is 13.0. The Kier molecular flexibility index (Phi) is 6.21. The highest BCUT2D eigenvalue weighted by molar-refractivity contribution is 7.10. The number of benzene rings is 2. The van der Waals surface area contributed by atoms with Crippen molar-refractivity contribution in [2.45, 2.75) is 19.4 Å². The highest BCUT2D eigenvalue weighted by Gasteiger charge is 2.32. The first kappa shape index (κ1) is 21.1. The molecule has 6 nitrogen and oxygen atoms in total. The third-order valence-electron chi connectivity index (χ3n) is 5.96. The van der Waals surface area contributed by atoms with Crippen molar-refractivity contribution in [3.8, 4) is 17.0 Å². The maximum atomic E-state index is 13.0. The highest BCUT2D eigenvalue weighted by atomic mass is 32.1. The molecular formula is C25H27N3O3S. The molecule has 2 aliphatic heterocycles. The van der Waals surface area contributed by atoms with Crippen LogP contribution in [0.15, 0.2) is 53.9 Å². The third-order valence-corrected chi connectivity index (χ3v) is 6.81. The molecular weight excluding hydrogens is 422 g/mol. The van der Waals surface area contributed by atoms with Gasteiger partial charge in [-0.3, -0.25) is 9.69 Å². The van der Waals surface area contributed by atoms with Crippen molar-refractivity contribution in [2.75, 3.05) is 44.3 Å². The molecule has 1 amide bonds. The van der Waals surface area contributed by atoms with Gasteiger partial charge in [0.15, 0.2) is 6.10 Å². The molecule has 2 aromatic carbocycles. The van der Waals surface area contributed by atoms with Gasteiger partial charge in [-0.2, -0.15) is 0 Å². The number of carbonyl (C=O) groups is 1. The van der Waals surface area contributed by atoms with Crippen LogP contribution in [-0.4, -0.2) is 61.3 Å². The van der Waals surface area contributed by atoms with Crippen LogP contribution < -0.4 is 9.64 Å². The average Bonchev–Trinajstić information content (AvgIpc) is 3.29. The molecule has 3 heterocycles. The van der Waals surface area contributed by atoms with Gasteiger partial charge in [-0.05, 0) is 30.7 Å². The minimum absolute atomic E-state index is 0.00551. The Morgan fingerprint density at radius 2 is 1.91 bits per heavy atom. The Morgan fingerprint density at radius 1 is 1.09 bits per heavy atom. The zero-order valence-corrected chi connectivity index (χ0v) is 19.0. The van der Waals surface area contributed by atoms with E-state index in [1.807, 2.05) is 36.1 Å². The Labute approximate surface area is 192 Å². The molecule has 0 aliphatic carbocycles. The van der Waals surface area contributed by atoms with Crippen molar-refractivity contribution >= 4 is 22.9 Å². The minimum atomic E-state index is -0.477. The van der Waals surface area contributed by atoms with Gasteiger partial charge in [0.05, 0.1) is 29.6 Å². The lowest BCUT2D eigenvalue weighted by molar-refractivity contribution is -0.125. The van der Waals surface area contributed by atoms with Crippen LogP contribution in [0.3, 0.4) is 0 Å². The number of nitrogens with zero attached hydrogens (tertiary/aromatic N) is 3. The summed E-state index contributed by atoms with van der Waals surface area (Å²) in [7, 11) is 0. The summed E-state index contributed by atoms with van der Waals surface area (Å²) in [6.07, 6.45) is 0.344. The van der Waals surface area contributed by atoms with E-state index in [0.29, 0.717) is 6.54 Å². The molecule has 0 N–H and O–H groups in total. The van der Waals surface area contributed by atoms with Crippen LogP contribution in [0.5, 0.6) is 5.75 Å². The van der Waals surface area contributed by atoms with Gasteiger partial charge >= 0.3 is 0 Å². The van der Waals surface area contributed by atoms with E-state index in [0.717, 1.165) is 67.0 Å². The molecule has 5 rings (SSSR count). The lowest BCUT2D eigenvalue weighted by Crippen LogP contribution is -2.48. The summed E-state index contributed by atoms with van der Waals surface area (Å²) in [6, 6.07) is 16.4. The maximum Gasteiger partial charge on any atom is 0.267 e. The Hall–Kier alpha value is -2.74. The second kappa shape index (κ2) is 9.40. The predicted molar refractivity (Wildman–Crippen MR) is 127 cm³/mol. The number of morpholine rings is 1. The number of rotatable bonds is 6. The van der Waals surface area contributed by atoms with Gasteiger partial charge in [-0.15, -0.1) is 11.3 Å². The summed E-state index contributed by atoms with van der Waals surface area (Å²) in [5.41, 5.74) is 4.02. The van der Waals surface area contributed by atoms with Crippen molar-refractivity contribution in [3.05, 3.63) is 64.5 Å². The van der Waals surface area contributed by atoms with E-state index in [1.54, 1.807) is 11.3 Å². The van der Waals surface area contributed by atoms with Gasteiger partial charge in [0, 0.05) is 43.5 Å². The van der Waals surface area contributed by atoms with E-state index in [1.165, 1.54) is 5.56 Å². The molecule has 0 radical (unpaired) electrons. The topological polar surface area (TPSA) is 54.9 Å². The Balaban J connectivity index is 1.37. The largest absolute Gasteiger partial charge is 0.479 e. The number of hydrogen-bond acceptors (Lipinski definition) is 6. The van der Waals surface area contributed by atoms with Gasteiger partial charge in [-0.25, -0.2) is 4.98 Å². The standard InChI is InChI=1S/C25H27N3O3S/c1-18-25(29)28(10-9-27-11-13-30-14-12-27)22-16-20(7-8-23(22)31-18)21-17-32-24(26-21)15-19-5-3-2-4-6-19/h2-8,16-18H,9-15H2,1H3. The lowest BCUT2D eigenvalue weighted by atomic mass is 10.1. The first-order chi connectivity index (χ1) is 15.7. The molecule has 1 fully saturated rings. The fourth-order valence-electron chi connectivity index (χ4n) is 4.16. The average molecular weight is 450 g/mol. The highest BCUT2D eigenvalue weighted by Crippen LogP contribution is 2.38.